The Hall–Kier alpha value is -0.900. The first-order chi connectivity index (χ1) is 8.29. The summed E-state index contributed by atoms with van der Waals surface area (Å²) >= 11 is 0. The van der Waals surface area contributed by atoms with Gasteiger partial charge in [-0.1, -0.05) is 30.3 Å². The van der Waals surface area contributed by atoms with E-state index in [0.717, 1.165) is 19.3 Å². The molecule has 3 heteroatoms. The molecule has 0 saturated heterocycles. The lowest BCUT2D eigenvalue weighted by atomic mass is 9.91. The number of ether oxygens (including phenoxy) is 2. The molecule has 0 aromatic heterocycles. The van der Waals surface area contributed by atoms with Crippen molar-refractivity contribution in [2.75, 3.05) is 7.11 Å². The Morgan fingerprint density at radius 1 is 1.24 bits per heavy atom. The zero-order chi connectivity index (χ0) is 12.1. The van der Waals surface area contributed by atoms with Crippen LogP contribution >= 0.6 is 0 Å². The highest BCUT2D eigenvalue weighted by Crippen LogP contribution is 2.23. The predicted molar refractivity (Wildman–Crippen MR) is 67.6 cm³/mol. The van der Waals surface area contributed by atoms with E-state index in [1.807, 2.05) is 18.2 Å². The SMILES string of the molecule is CO[C@H]1C[C@@H](OCc2ccccc2)CC[C@@H]1N. The van der Waals surface area contributed by atoms with Crippen molar-refractivity contribution in [3.05, 3.63) is 35.9 Å². The van der Waals surface area contributed by atoms with E-state index in [2.05, 4.69) is 12.1 Å². The van der Waals surface area contributed by atoms with Crippen molar-refractivity contribution >= 4 is 0 Å². The van der Waals surface area contributed by atoms with E-state index in [1.165, 1.54) is 5.56 Å². The fourth-order valence-electron chi connectivity index (χ4n) is 2.33. The predicted octanol–water partition coefficient (Wildman–Crippen LogP) is 2.10. The van der Waals surface area contributed by atoms with Crippen LogP contribution in [0.4, 0.5) is 0 Å². The zero-order valence-corrected chi connectivity index (χ0v) is 10.3. The molecule has 1 saturated carbocycles. The van der Waals surface area contributed by atoms with Gasteiger partial charge in [0.15, 0.2) is 0 Å². The van der Waals surface area contributed by atoms with Crippen molar-refractivity contribution in [2.24, 2.45) is 5.73 Å². The summed E-state index contributed by atoms with van der Waals surface area (Å²) in [6.07, 6.45) is 3.35. The van der Waals surface area contributed by atoms with Crippen molar-refractivity contribution in [3.8, 4) is 0 Å². The molecule has 1 aliphatic rings. The molecule has 1 aromatic rings. The Kier molecular flexibility index (Phi) is 4.54. The molecule has 1 aliphatic carbocycles. The van der Waals surface area contributed by atoms with Crippen LogP contribution in [0.15, 0.2) is 30.3 Å². The van der Waals surface area contributed by atoms with Crippen molar-refractivity contribution in [1.29, 1.82) is 0 Å². The van der Waals surface area contributed by atoms with Crippen molar-refractivity contribution in [3.63, 3.8) is 0 Å². The van der Waals surface area contributed by atoms with Gasteiger partial charge >= 0.3 is 0 Å². The lowest BCUT2D eigenvalue weighted by molar-refractivity contribution is -0.0442. The molecule has 94 valence electrons. The van der Waals surface area contributed by atoms with Gasteiger partial charge in [0.05, 0.1) is 18.8 Å². The first-order valence-corrected chi connectivity index (χ1v) is 6.23. The van der Waals surface area contributed by atoms with E-state index >= 15 is 0 Å². The maximum absolute atomic E-state index is 5.98. The molecular formula is C14H21NO2. The summed E-state index contributed by atoms with van der Waals surface area (Å²) < 4.78 is 11.3. The standard InChI is InChI=1S/C14H21NO2/c1-16-14-9-12(7-8-13(14)15)17-10-11-5-3-2-4-6-11/h2-6,12-14H,7-10,15H2,1H3/t12-,13-,14-/m0/s1. The molecule has 3 nitrogen and oxygen atoms in total. The summed E-state index contributed by atoms with van der Waals surface area (Å²) in [6, 6.07) is 10.4. The van der Waals surface area contributed by atoms with Crippen LogP contribution in [0.25, 0.3) is 0 Å². The Bertz CT molecular complexity index is 328. The minimum atomic E-state index is 0.143. The minimum Gasteiger partial charge on any atom is -0.380 e. The fraction of sp³-hybridized carbons (Fsp3) is 0.571. The Morgan fingerprint density at radius 2 is 2.00 bits per heavy atom. The molecule has 0 bridgehead atoms. The number of hydrogen-bond acceptors (Lipinski definition) is 3. The zero-order valence-electron chi connectivity index (χ0n) is 10.3. The highest BCUT2D eigenvalue weighted by molar-refractivity contribution is 5.13. The van der Waals surface area contributed by atoms with Crippen LogP contribution in [0.3, 0.4) is 0 Å². The van der Waals surface area contributed by atoms with E-state index in [9.17, 15) is 0 Å². The van der Waals surface area contributed by atoms with Crippen LogP contribution < -0.4 is 5.73 Å². The number of hydrogen-bond donors (Lipinski definition) is 1. The van der Waals surface area contributed by atoms with Crippen LogP contribution in [0.5, 0.6) is 0 Å². The van der Waals surface area contributed by atoms with E-state index in [-0.39, 0.29) is 18.2 Å². The smallest absolute Gasteiger partial charge is 0.0746 e. The van der Waals surface area contributed by atoms with Gasteiger partial charge in [-0.25, -0.2) is 0 Å². The average Bonchev–Trinajstić information content (AvgIpc) is 2.39. The number of methoxy groups -OCH3 is 1. The van der Waals surface area contributed by atoms with Gasteiger partial charge in [0.1, 0.15) is 0 Å². The van der Waals surface area contributed by atoms with Crippen molar-refractivity contribution < 1.29 is 9.47 Å². The molecule has 0 heterocycles. The Balaban J connectivity index is 1.80. The second-order valence-electron chi connectivity index (χ2n) is 4.67. The topological polar surface area (TPSA) is 44.5 Å². The largest absolute Gasteiger partial charge is 0.380 e. The highest BCUT2D eigenvalue weighted by atomic mass is 16.5. The lowest BCUT2D eigenvalue weighted by Crippen LogP contribution is -2.43. The molecule has 1 fully saturated rings. The van der Waals surface area contributed by atoms with Gasteiger partial charge in [-0.2, -0.15) is 0 Å². The lowest BCUT2D eigenvalue weighted by Gasteiger charge is -2.33. The van der Waals surface area contributed by atoms with Gasteiger partial charge in [0.25, 0.3) is 0 Å². The first kappa shape index (κ1) is 12.6. The molecule has 0 spiro atoms. The van der Waals surface area contributed by atoms with Crippen LogP contribution in [-0.4, -0.2) is 25.4 Å². The van der Waals surface area contributed by atoms with Crippen LogP contribution in [0, 0.1) is 0 Å². The maximum atomic E-state index is 5.98. The number of nitrogens with two attached hydrogens (primary N) is 1. The van der Waals surface area contributed by atoms with Gasteiger partial charge in [-0.05, 0) is 18.4 Å². The second-order valence-corrected chi connectivity index (χ2v) is 4.67. The van der Waals surface area contributed by atoms with E-state index in [1.54, 1.807) is 7.11 Å². The van der Waals surface area contributed by atoms with Gasteiger partial charge < -0.3 is 15.2 Å². The second kappa shape index (κ2) is 6.15. The quantitative estimate of drug-likeness (QED) is 0.869. The fourth-order valence-corrected chi connectivity index (χ4v) is 2.33. The van der Waals surface area contributed by atoms with Gasteiger partial charge in [-0.15, -0.1) is 0 Å². The molecule has 17 heavy (non-hydrogen) atoms. The van der Waals surface area contributed by atoms with Gasteiger partial charge in [-0.3, -0.25) is 0 Å². The highest BCUT2D eigenvalue weighted by Gasteiger charge is 2.28. The van der Waals surface area contributed by atoms with Crippen LogP contribution in [0.1, 0.15) is 24.8 Å². The monoisotopic (exact) mass is 235 g/mol. The third-order valence-corrected chi connectivity index (χ3v) is 3.43. The summed E-state index contributed by atoms with van der Waals surface area (Å²) in [5.74, 6) is 0. The summed E-state index contributed by atoms with van der Waals surface area (Å²) in [5, 5.41) is 0. The molecule has 3 atom stereocenters. The van der Waals surface area contributed by atoms with E-state index < -0.39 is 0 Å². The van der Waals surface area contributed by atoms with Gasteiger partial charge in [0, 0.05) is 19.6 Å². The Morgan fingerprint density at radius 3 is 2.71 bits per heavy atom. The van der Waals surface area contributed by atoms with Crippen LogP contribution in [-0.2, 0) is 16.1 Å². The maximum Gasteiger partial charge on any atom is 0.0746 e. The van der Waals surface area contributed by atoms with Gasteiger partial charge in [0.2, 0.25) is 0 Å². The normalized spacial score (nSPS) is 29.2. The molecule has 0 amide bonds. The molecule has 0 unspecified atom stereocenters. The summed E-state index contributed by atoms with van der Waals surface area (Å²) in [7, 11) is 1.73. The summed E-state index contributed by atoms with van der Waals surface area (Å²) in [4.78, 5) is 0. The molecule has 0 radical (unpaired) electrons. The van der Waals surface area contributed by atoms with Crippen molar-refractivity contribution in [2.45, 2.75) is 44.1 Å². The third-order valence-electron chi connectivity index (χ3n) is 3.43. The van der Waals surface area contributed by atoms with Crippen LogP contribution in [0.2, 0.25) is 0 Å². The third kappa shape index (κ3) is 3.53. The molecule has 0 aliphatic heterocycles. The number of rotatable bonds is 4. The first-order valence-electron chi connectivity index (χ1n) is 6.23. The van der Waals surface area contributed by atoms with E-state index in [0.29, 0.717) is 6.61 Å². The van der Waals surface area contributed by atoms with Crippen molar-refractivity contribution in [1.82, 2.24) is 0 Å². The molecular weight excluding hydrogens is 214 g/mol. The summed E-state index contributed by atoms with van der Waals surface area (Å²) in [5.41, 5.74) is 7.20. The molecule has 2 rings (SSSR count). The Labute approximate surface area is 103 Å². The molecule has 2 N–H and O–H groups in total. The summed E-state index contributed by atoms with van der Waals surface area (Å²) in [6.45, 7) is 0.678. The molecule has 1 aromatic carbocycles. The average molecular weight is 235 g/mol. The number of benzene rings is 1. The minimum absolute atomic E-state index is 0.143. The van der Waals surface area contributed by atoms with E-state index in [4.69, 9.17) is 15.2 Å².